The second-order valence-corrected chi connectivity index (χ2v) is 5.86. The Hall–Kier alpha value is -1.56. The van der Waals surface area contributed by atoms with E-state index < -0.39 is 11.7 Å². The summed E-state index contributed by atoms with van der Waals surface area (Å²) in [6.45, 7) is 9.20. The first-order valence-corrected chi connectivity index (χ1v) is 6.63. The van der Waals surface area contributed by atoms with Crippen molar-refractivity contribution in [3.05, 3.63) is 17.0 Å². The Morgan fingerprint density at radius 2 is 2.21 bits per heavy atom. The van der Waals surface area contributed by atoms with E-state index in [0.29, 0.717) is 0 Å². The molecule has 19 heavy (non-hydrogen) atoms. The molecule has 0 spiro atoms. The Morgan fingerprint density at radius 1 is 1.47 bits per heavy atom. The number of ether oxygens (including phenoxy) is 1. The summed E-state index contributed by atoms with van der Waals surface area (Å²) in [5.41, 5.74) is 2.71. The molecule has 0 saturated heterocycles. The van der Waals surface area contributed by atoms with Crippen LogP contribution in [0.5, 0.6) is 0 Å². The first-order chi connectivity index (χ1) is 8.87. The smallest absolute Gasteiger partial charge is 0.408 e. The Labute approximate surface area is 113 Å². The fourth-order valence-electron chi connectivity index (χ4n) is 2.16. The van der Waals surface area contributed by atoms with Crippen LogP contribution in [-0.2, 0) is 17.7 Å². The molecule has 0 radical (unpaired) electrons. The number of amides is 1. The molecule has 2 heterocycles. The second kappa shape index (κ2) is 5.21. The monoisotopic (exact) mass is 266 g/mol. The highest BCUT2D eigenvalue weighted by Crippen LogP contribution is 2.21. The summed E-state index contributed by atoms with van der Waals surface area (Å²) in [4.78, 5) is 11.7. The molecule has 1 aromatic heterocycles. The summed E-state index contributed by atoms with van der Waals surface area (Å²) in [5.74, 6) is 0. The van der Waals surface area contributed by atoms with Crippen molar-refractivity contribution in [3.63, 3.8) is 0 Å². The van der Waals surface area contributed by atoms with Crippen molar-refractivity contribution in [1.82, 2.24) is 20.8 Å². The van der Waals surface area contributed by atoms with Gasteiger partial charge in [-0.25, -0.2) is 4.79 Å². The number of carbonyl (C=O) groups excluding carboxylic acids is 1. The largest absolute Gasteiger partial charge is 0.444 e. The summed E-state index contributed by atoms with van der Waals surface area (Å²) in [7, 11) is 0. The standard InChI is InChI=1S/C13H22N4O2/c1-8(15-12(18)19-13(2,3)4)11-9-7-14-6-5-10(9)16-17-11/h8,14H,5-7H2,1-4H3,(H,15,18)(H,16,17). The number of aromatic amines is 1. The molecule has 1 aliphatic rings. The normalized spacial score (nSPS) is 16.6. The van der Waals surface area contributed by atoms with E-state index in [1.165, 1.54) is 0 Å². The number of rotatable bonds is 2. The summed E-state index contributed by atoms with van der Waals surface area (Å²) >= 11 is 0. The molecular weight excluding hydrogens is 244 g/mol. The van der Waals surface area contributed by atoms with E-state index in [2.05, 4.69) is 20.8 Å². The fraction of sp³-hybridized carbons (Fsp3) is 0.692. The summed E-state index contributed by atoms with van der Waals surface area (Å²) in [5, 5.41) is 13.5. The average molecular weight is 266 g/mol. The van der Waals surface area contributed by atoms with Crippen LogP contribution in [0, 0.1) is 0 Å². The molecule has 1 aromatic rings. The number of alkyl carbamates (subject to hydrolysis) is 1. The minimum Gasteiger partial charge on any atom is -0.444 e. The lowest BCUT2D eigenvalue weighted by molar-refractivity contribution is 0.0506. The van der Waals surface area contributed by atoms with Crippen molar-refractivity contribution in [1.29, 1.82) is 0 Å². The highest BCUT2D eigenvalue weighted by atomic mass is 16.6. The molecule has 1 atom stereocenters. The van der Waals surface area contributed by atoms with Crippen LogP contribution in [-0.4, -0.2) is 28.4 Å². The van der Waals surface area contributed by atoms with Crippen LogP contribution in [0.25, 0.3) is 0 Å². The molecule has 0 aliphatic carbocycles. The number of hydrogen-bond acceptors (Lipinski definition) is 4. The first kappa shape index (κ1) is 13.9. The minimum absolute atomic E-state index is 0.172. The van der Waals surface area contributed by atoms with Gasteiger partial charge in [0.25, 0.3) is 0 Å². The van der Waals surface area contributed by atoms with E-state index in [-0.39, 0.29) is 6.04 Å². The molecule has 1 aliphatic heterocycles. The number of nitrogens with one attached hydrogen (secondary N) is 3. The van der Waals surface area contributed by atoms with Gasteiger partial charge < -0.3 is 15.4 Å². The lowest BCUT2D eigenvalue weighted by Gasteiger charge is -2.22. The van der Waals surface area contributed by atoms with Gasteiger partial charge in [0.1, 0.15) is 5.60 Å². The number of H-pyrrole nitrogens is 1. The average Bonchev–Trinajstić information content (AvgIpc) is 2.69. The zero-order valence-electron chi connectivity index (χ0n) is 12.0. The van der Waals surface area contributed by atoms with Crippen LogP contribution < -0.4 is 10.6 Å². The van der Waals surface area contributed by atoms with Crippen LogP contribution >= 0.6 is 0 Å². The van der Waals surface area contributed by atoms with Gasteiger partial charge in [-0.1, -0.05) is 0 Å². The van der Waals surface area contributed by atoms with Crippen LogP contribution in [0.15, 0.2) is 0 Å². The Balaban J connectivity index is 2.02. The quantitative estimate of drug-likeness (QED) is 0.760. The van der Waals surface area contributed by atoms with E-state index in [9.17, 15) is 4.79 Å². The van der Waals surface area contributed by atoms with Gasteiger partial charge in [0.05, 0.1) is 11.7 Å². The van der Waals surface area contributed by atoms with E-state index >= 15 is 0 Å². The van der Waals surface area contributed by atoms with Gasteiger partial charge in [0, 0.05) is 30.8 Å². The first-order valence-electron chi connectivity index (χ1n) is 6.63. The molecule has 6 heteroatoms. The molecule has 3 N–H and O–H groups in total. The highest BCUT2D eigenvalue weighted by molar-refractivity contribution is 5.68. The summed E-state index contributed by atoms with van der Waals surface area (Å²) in [6, 6.07) is -0.172. The molecule has 1 unspecified atom stereocenters. The van der Waals surface area contributed by atoms with Crippen molar-refractivity contribution in [2.75, 3.05) is 6.54 Å². The molecule has 0 aromatic carbocycles. The van der Waals surface area contributed by atoms with Gasteiger partial charge in [-0.15, -0.1) is 0 Å². The molecular formula is C13H22N4O2. The molecule has 0 bridgehead atoms. The Morgan fingerprint density at radius 3 is 2.89 bits per heavy atom. The van der Waals surface area contributed by atoms with Crippen molar-refractivity contribution in [2.24, 2.45) is 0 Å². The van der Waals surface area contributed by atoms with Gasteiger partial charge in [-0.3, -0.25) is 5.10 Å². The predicted octanol–water partition coefficient (Wildman–Crippen LogP) is 1.64. The number of carbonyl (C=O) groups is 1. The van der Waals surface area contributed by atoms with Gasteiger partial charge >= 0.3 is 6.09 Å². The van der Waals surface area contributed by atoms with Crippen LogP contribution in [0.4, 0.5) is 4.79 Å². The van der Waals surface area contributed by atoms with E-state index in [1.807, 2.05) is 27.7 Å². The van der Waals surface area contributed by atoms with E-state index in [1.54, 1.807) is 0 Å². The Kier molecular flexibility index (Phi) is 3.80. The van der Waals surface area contributed by atoms with Gasteiger partial charge in [-0.05, 0) is 27.7 Å². The zero-order chi connectivity index (χ0) is 14.0. The maximum absolute atomic E-state index is 11.7. The molecule has 2 rings (SSSR count). The van der Waals surface area contributed by atoms with Crippen molar-refractivity contribution < 1.29 is 9.53 Å². The van der Waals surface area contributed by atoms with Crippen LogP contribution in [0.2, 0.25) is 0 Å². The van der Waals surface area contributed by atoms with Crippen LogP contribution in [0.3, 0.4) is 0 Å². The molecule has 0 saturated carbocycles. The highest BCUT2D eigenvalue weighted by Gasteiger charge is 2.23. The van der Waals surface area contributed by atoms with Gasteiger partial charge in [-0.2, -0.15) is 5.10 Å². The van der Waals surface area contributed by atoms with Crippen molar-refractivity contribution in [2.45, 2.75) is 52.3 Å². The summed E-state index contributed by atoms with van der Waals surface area (Å²) in [6.07, 6.45) is 0.530. The second-order valence-electron chi connectivity index (χ2n) is 5.86. The fourth-order valence-corrected chi connectivity index (χ4v) is 2.16. The maximum atomic E-state index is 11.7. The number of aromatic nitrogens is 2. The Bertz CT molecular complexity index is 462. The lowest BCUT2D eigenvalue weighted by Crippen LogP contribution is -2.34. The zero-order valence-corrected chi connectivity index (χ0v) is 12.0. The van der Waals surface area contributed by atoms with E-state index in [0.717, 1.165) is 36.5 Å². The maximum Gasteiger partial charge on any atom is 0.408 e. The molecule has 106 valence electrons. The lowest BCUT2D eigenvalue weighted by atomic mass is 10.0. The van der Waals surface area contributed by atoms with Crippen molar-refractivity contribution >= 4 is 6.09 Å². The van der Waals surface area contributed by atoms with E-state index in [4.69, 9.17) is 4.74 Å². The number of hydrogen-bond donors (Lipinski definition) is 3. The SMILES string of the molecule is CC(NC(=O)OC(C)(C)C)c1n[nH]c2c1CNCC2. The minimum atomic E-state index is -0.490. The third-order valence-corrected chi connectivity index (χ3v) is 2.98. The third kappa shape index (κ3) is 3.47. The van der Waals surface area contributed by atoms with Gasteiger partial charge in [0.15, 0.2) is 0 Å². The molecule has 0 fully saturated rings. The third-order valence-electron chi connectivity index (χ3n) is 2.98. The predicted molar refractivity (Wildman–Crippen MR) is 71.8 cm³/mol. The topological polar surface area (TPSA) is 79.0 Å². The van der Waals surface area contributed by atoms with Crippen molar-refractivity contribution in [3.8, 4) is 0 Å². The number of nitrogens with zero attached hydrogens (tertiary/aromatic N) is 1. The van der Waals surface area contributed by atoms with Gasteiger partial charge in [0.2, 0.25) is 0 Å². The number of fused-ring (bicyclic) bond motifs is 1. The van der Waals surface area contributed by atoms with Crippen LogP contribution in [0.1, 0.15) is 50.7 Å². The molecule has 6 nitrogen and oxygen atoms in total. The molecule has 1 amide bonds. The summed E-state index contributed by atoms with van der Waals surface area (Å²) < 4.78 is 5.25.